The summed E-state index contributed by atoms with van der Waals surface area (Å²) < 4.78 is 15.8. The summed E-state index contributed by atoms with van der Waals surface area (Å²) in [6, 6.07) is 6.49. The van der Waals surface area contributed by atoms with Crippen LogP contribution in [0.4, 0.5) is 4.79 Å². The number of carbonyl (C=O) groups is 2. The van der Waals surface area contributed by atoms with Crippen molar-refractivity contribution < 1.29 is 23.8 Å². The zero-order valence-corrected chi connectivity index (χ0v) is 18.9. The Hall–Kier alpha value is -2.52. The fourth-order valence-electron chi connectivity index (χ4n) is 4.64. The van der Waals surface area contributed by atoms with Crippen molar-refractivity contribution in [1.82, 2.24) is 20.0 Å². The van der Waals surface area contributed by atoms with Crippen LogP contribution in [-0.4, -0.2) is 92.0 Å². The molecule has 3 heterocycles. The van der Waals surface area contributed by atoms with E-state index in [2.05, 4.69) is 27.2 Å². The monoisotopic (exact) mass is 446 g/mol. The SMILES string of the molecule is CCOC(=O)CCNC(=O)N1CCC[C@@H](N2CCN(Cc3ccc4c(c3)OCO4)CC2)C1. The largest absolute Gasteiger partial charge is 0.466 e. The van der Waals surface area contributed by atoms with E-state index >= 15 is 0 Å². The molecule has 2 fully saturated rings. The van der Waals surface area contributed by atoms with Gasteiger partial charge in [0.25, 0.3) is 0 Å². The van der Waals surface area contributed by atoms with Crippen LogP contribution in [0, 0.1) is 0 Å². The molecule has 4 rings (SSSR count). The van der Waals surface area contributed by atoms with Crippen LogP contribution in [-0.2, 0) is 16.1 Å². The van der Waals surface area contributed by atoms with Crippen LogP contribution >= 0.6 is 0 Å². The molecule has 1 aromatic rings. The standard InChI is InChI=1S/C23H34N4O5/c1-2-30-22(28)7-8-24-23(29)27-9-3-4-19(16-27)26-12-10-25(11-13-26)15-18-5-6-20-21(14-18)32-17-31-20/h5-6,14,19H,2-4,7-13,15-17H2,1H3,(H,24,29)/t19-/m1/s1. The van der Waals surface area contributed by atoms with Gasteiger partial charge in [0.15, 0.2) is 11.5 Å². The molecule has 1 N–H and O–H groups in total. The van der Waals surface area contributed by atoms with Crippen molar-refractivity contribution in [2.24, 2.45) is 0 Å². The second-order valence-electron chi connectivity index (χ2n) is 8.53. The van der Waals surface area contributed by atoms with Gasteiger partial charge in [-0.2, -0.15) is 0 Å². The highest BCUT2D eigenvalue weighted by Crippen LogP contribution is 2.33. The molecule has 0 unspecified atom stereocenters. The van der Waals surface area contributed by atoms with E-state index in [0.29, 0.717) is 26.0 Å². The maximum absolute atomic E-state index is 12.5. The summed E-state index contributed by atoms with van der Waals surface area (Å²) in [4.78, 5) is 30.8. The van der Waals surface area contributed by atoms with Gasteiger partial charge in [-0.05, 0) is 37.5 Å². The molecule has 0 radical (unpaired) electrons. The van der Waals surface area contributed by atoms with Gasteiger partial charge in [-0.3, -0.25) is 14.6 Å². The fraction of sp³-hybridized carbons (Fsp3) is 0.652. The highest BCUT2D eigenvalue weighted by molar-refractivity contribution is 5.75. The molecule has 9 nitrogen and oxygen atoms in total. The Morgan fingerprint density at radius 1 is 1.12 bits per heavy atom. The van der Waals surface area contributed by atoms with Gasteiger partial charge in [-0.1, -0.05) is 6.07 Å². The van der Waals surface area contributed by atoms with Gasteiger partial charge < -0.3 is 24.4 Å². The highest BCUT2D eigenvalue weighted by Gasteiger charge is 2.30. The van der Waals surface area contributed by atoms with E-state index < -0.39 is 0 Å². The van der Waals surface area contributed by atoms with Crippen LogP contribution in [0.2, 0.25) is 0 Å². The first-order valence-electron chi connectivity index (χ1n) is 11.7. The summed E-state index contributed by atoms with van der Waals surface area (Å²) in [6.45, 7) is 9.22. The maximum atomic E-state index is 12.5. The minimum Gasteiger partial charge on any atom is -0.466 e. The lowest BCUT2D eigenvalue weighted by Gasteiger charge is -2.43. The van der Waals surface area contributed by atoms with Crippen LogP contribution in [0.5, 0.6) is 11.5 Å². The van der Waals surface area contributed by atoms with Crippen molar-refractivity contribution in [1.29, 1.82) is 0 Å². The Morgan fingerprint density at radius 2 is 1.94 bits per heavy atom. The quantitative estimate of drug-likeness (QED) is 0.638. The average molecular weight is 447 g/mol. The van der Waals surface area contributed by atoms with E-state index in [0.717, 1.165) is 70.2 Å². The average Bonchev–Trinajstić information content (AvgIpc) is 3.28. The number of nitrogens with one attached hydrogen (secondary N) is 1. The molecule has 9 heteroatoms. The number of urea groups is 1. The second kappa shape index (κ2) is 10.9. The molecule has 3 aliphatic heterocycles. The van der Waals surface area contributed by atoms with Gasteiger partial charge in [-0.15, -0.1) is 0 Å². The van der Waals surface area contributed by atoms with Crippen LogP contribution < -0.4 is 14.8 Å². The number of esters is 1. The number of piperidine rings is 1. The number of amides is 2. The Morgan fingerprint density at radius 3 is 2.75 bits per heavy atom. The highest BCUT2D eigenvalue weighted by atomic mass is 16.7. The number of nitrogens with zero attached hydrogens (tertiary/aromatic N) is 3. The van der Waals surface area contributed by atoms with E-state index in [1.807, 2.05) is 11.0 Å². The van der Waals surface area contributed by atoms with Gasteiger partial charge in [0, 0.05) is 58.4 Å². The smallest absolute Gasteiger partial charge is 0.317 e. The van der Waals surface area contributed by atoms with Gasteiger partial charge in [-0.25, -0.2) is 4.79 Å². The molecule has 0 aliphatic carbocycles. The van der Waals surface area contributed by atoms with Crippen LogP contribution in [0.3, 0.4) is 0 Å². The number of hydrogen-bond donors (Lipinski definition) is 1. The number of ether oxygens (including phenoxy) is 3. The van der Waals surface area contributed by atoms with Crippen LogP contribution in [0.1, 0.15) is 31.7 Å². The van der Waals surface area contributed by atoms with E-state index in [1.54, 1.807) is 6.92 Å². The molecule has 176 valence electrons. The molecule has 1 atom stereocenters. The zero-order chi connectivity index (χ0) is 22.3. The summed E-state index contributed by atoms with van der Waals surface area (Å²) in [5, 5.41) is 2.86. The van der Waals surface area contributed by atoms with Crippen molar-refractivity contribution in [3.63, 3.8) is 0 Å². The Kier molecular flexibility index (Phi) is 7.70. The molecular weight excluding hydrogens is 412 g/mol. The van der Waals surface area contributed by atoms with Crippen LogP contribution in [0.15, 0.2) is 18.2 Å². The Labute approximate surface area is 189 Å². The molecule has 0 spiro atoms. The molecule has 3 aliphatic rings. The third kappa shape index (κ3) is 5.83. The number of rotatable bonds is 7. The molecular formula is C23H34N4O5. The summed E-state index contributed by atoms with van der Waals surface area (Å²) >= 11 is 0. The summed E-state index contributed by atoms with van der Waals surface area (Å²) in [5.41, 5.74) is 1.24. The molecule has 1 aromatic carbocycles. The van der Waals surface area contributed by atoms with Gasteiger partial charge in [0.05, 0.1) is 13.0 Å². The Balaban J connectivity index is 1.19. The lowest BCUT2D eigenvalue weighted by Crippen LogP contribution is -2.56. The fourth-order valence-corrected chi connectivity index (χ4v) is 4.64. The maximum Gasteiger partial charge on any atom is 0.317 e. The number of likely N-dealkylation sites (tertiary alicyclic amines) is 1. The zero-order valence-electron chi connectivity index (χ0n) is 18.9. The minimum absolute atomic E-state index is 0.0829. The number of piperazine rings is 1. The number of carbonyl (C=O) groups excluding carboxylic acids is 2. The first kappa shape index (κ1) is 22.7. The first-order chi connectivity index (χ1) is 15.6. The third-order valence-electron chi connectivity index (χ3n) is 6.36. The van der Waals surface area contributed by atoms with E-state index in [9.17, 15) is 9.59 Å². The van der Waals surface area contributed by atoms with E-state index in [1.165, 1.54) is 5.56 Å². The summed E-state index contributed by atoms with van der Waals surface area (Å²) in [5.74, 6) is 1.39. The molecule has 0 bridgehead atoms. The molecule has 2 amide bonds. The lowest BCUT2D eigenvalue weighted by atomic mass is 10.0. The van der Waals surface area contributed by atoms with Gasteiger partial charge in [0.2, 0.25) is 6.79 Å². The van der Waals surface area contributed by atoms with Gasteiger partial charge >= 0.3 is 12.0 Å². The van der Waals surface area contributed by atoms with Crippen molar-refractivity contribution in [2.75, 3.05) is 59.2 Å². The van der Waals surface area contributed by atoms with Crippen LogP contribution in [0.25, 0.3) is 0 Å². The van der Waals surface area contributed by atoms with Crippen molar-refractivity contribution in [2.45, 2.75) is 38.8 Å². The van der Waals surface area contributed by atoms with E-state index in [-0.39, 0.29) is 18.4 Å². The summed E-state index contributed by atoms with van der Waals surface area (Å²) in [6.07, 6.45) is 2.34. The number of benzene rings is 1. The minimum atomic E-state index is -0.275. The molecule has 32 heavy (non-hydrogen) atoms. The van der Waals surface area contributed by atoms with Gasteiger partial charge in [0.1, 0.15) is 0 Å². The predicted molar refractivity (Wildman–Crippen MR) is 119 cm³/mol. The van der Waals surface area contributed by atoms with E-state index in [4.69, 9.17) is 14.2 Å². The topological polar surface area (TPSA) is 83.6 Å². The first-order valence-corrected chi connectivity index (χ1v) is 11.7. The lowest BCUT2D eigenvalue weighted by molar-refractivity contribution is -0.142. The van der Waals surface area contributed by atoms with Crippen molar-refractivity contribution in [3.05, 3.63) is 23.8 Å². The number of fused-ring (bicyclic) bond motifs is 1. The molecule has 0 aromatic heterocycles. The normalized spacial score (nSPS) is 21.4. The molecule has 2 saturated heterocycles. The third-order valence-corrected chi connectivity index (χ3v) is 6.36. The van der Waals surface area contributed by atoms with Crippen molar-refractivity contribution in [3.8, 4) is 11.5 Å². The predicted octanol–water partition coefficient (Wildman–Crippen LogP) is 1.66. The summed E-state index contributed by atoms with van der Waals surface area (Å²) in [7, 11) is 0. The van der Waals surface area contributed by atoms with Crippen molar-refractivity contribution >= 4 is 12.0 Å². The Bertz CT molecular complexity index is 797. The number of hydrogen-bond acceptors (Lipinski definition) is 7. The molecule has 0 saturated carbocycles. The second-order valence-corrected chi connectivity index (χ2v) is 8.53.